The molecule has 0 aromatic heterocycles. The second kappa shape index (κ2) is 5.76. The molecule has 0 radical (unpaired) electrons. The van der Waals surface area contributed by atoms with Crippen molar-refractivity contribution in [3.8, 4) is 5.75 Å². The fourth-order valence-corrected chi connectivity index (χ4v) is 1.19. The fraction of sp³-hybridized carbons (Fsp3) is 0.182. The van der Waals surface area contributed by atoms with E-state index in [1.54, 1.807) is 24.3 Å². The molecule has 6 nitrogen and oxygen atoms in total. The van der Waals surface area contributed by atoms with E-state index in [0.29, 0.717) is 11.3 Å². The van der Waals surface area contributed by atoms with E-state index in [0.717, 1.165) is 6.08 Å². The Balaban J connectivity index is 3.04. The van der Waals surface area contributed by atoms with Crippen LogP contribution in [0, 0.1) is 10.1 Å². The number of carbonyl (C=O) groups excluding carboxylic acids is 1. The average Bonchev–Trinajstić information content (AvgIpc) is 2.35. The van der Waals surface area contributed by atoms with Gasteiger partial charge in [-0.25, -0.2) is 0 Å². The van der Waals surface area contributed by atoms with E-state index in [4.69, 9.17) is 9.84 Å². The maximum Gasteiger partial charge on any atom is 0.282 e. The van der Waals surface area contributed by atoms with Gasteiger partial charge in [-0.05, 0) is 17.7 Å². The summed E-state index contributed by atoms with van der Waals surface area (Å²) < 4.78 is 4.93. The molecule has 1 atom stereocenters. The molecule has 1 rings (SSSR count). The molecule has 0 saturated heterocycles. The van der Waals surface area contributed by atoms with Crippen LogP contribution in [0.15, 0.2) is 30.0 Å². The van der Waals surface area contributed by atoms with Crippen LogP contribution < -0.4 is 4.74 Å². The zero-order chi connectivity index (χ0) is 12.8. The van der Waals surface area contributed by atoms with E-state index < -0.39 is 16.7 Å². The molecule has 0 spiro atoms. The molecule has 0 aliphatic carbocycles. The normalized spacial score (nSPS) is 12.9. The first-order chi connectivity index (χ1) is 8.08. The highest BCUT2D eigenvalue weighted by Gasteiger charge is 2.21. The Morgan fingerprint density at radius 1 is 1.47 bits per heavy atom. The summed E-state index contributed by atoms with van der Waals surface area (Å²) >= 11 is 0. The van der Waals surface area contributed by atoms with E-state index in [-0.39, 0.29) is 6.29 Å². The number of aldehydes is 1. The van der Waals surface area contributed by atoms with Crippen LogP contribution in [-0.2, 0) is 4.79 Å². The van der Waals surface area contributed by atoms with Gasteiger partial charge >= 0.3 is 0 Å². The van der Waals surface area contributed by atoms with Crippen LogP contribution in [0.5, 0.6) is 5.75 Å². The van der Waals surface area contributed by atoms with E-state index in [1.807, 2.05) is 0 Å². The van der Waals surface area contributed by atoms with E-state index in [2.05, 4.69) is 0 Å². The standard InChI is InChI=1S/C11H11NO5/c1-17-9-4-2-8(3-5-9)6-10(12(15)16)11(14)7-13/h2-7,11,14H,1H3/b10-6-. The quantitative estimate of drug-likeness (QED) is 0.466. The Bertz CT molecular complexity index is 438. The van der Waals surface area contributed by atoms with Crippen LogP contribution in [0.3, 0.4) is 0 Å². The number of aliphatic hydroxyl groups is 1. The molecule has 0 aliphatic rings. The molecule has 1 N–H and O–H groups in total. The minimum atomic E-state index is -1.73. The van der Waals surface area contributed by atoms with Crippen LogP contribution in [0.4, 0.5) is 0 Å². The lowest BCUT2D eigenvalue weighted by Crippen LogP contribution is -2.18. The predicted octanol–water partition coefficient (Wildman–Crippen LogP) is 0.873. The number of benzene rings is 1. The number of aliphatic hydroxyl groups excluding tert-OH is 1. The van der Waals surface area contributed by atoms with Crippen molar-refractivity contribution in [1.82, 2.24) is 0 Å². The third-order valence-electron chi connectivity index (χ3n) is 2.07. The molecule has 0 amide bonds. The molecule has 0 heterocycles. The smallest absolute Gasteiger partial charge is 0.282 e. The molecular weight excluding hydrogens is 226 g/mol. The van der Waals surface area contributed by atoms with Gasteiger partial charge in [0, 0.05) is 6.08 Å². The molecule has 1 unspecified atom stereocenters. The van der Waals surface area contributed by atoms with Crippen molar-refractivity contribution in [3.05, 3.63) is 45.6 Å². The third-order valence-corrected chi connectivity index (χ3v) is 2.07. The van der Waals surface area contributed by atoms with Gasteiger partial charge in [-0.2, -0.15) is 0 Å². The Labute approximate surface area is 97.3 Å². The zero-order valence-electron chi connectivity index (χ0n) is 9.07. The van der Waals surface area contributed by atoms with Gasteiger partial charge < -0.3 is 9.84 Å². The van der Waals surface area contributed by atoms with E-state index >= 15 is 0 Å². The lowest BCUT2D eigenvalue weighted by Gasteiger charge is -2.02. The summed E-state index contributed by atoms with van der Waals surface area (Å²) in [5.74, 6) is 0.612. The largest absolute Gasteiger partial charge is 0.497 e. The first-order valence-corrected chi connectivity index (χ1v) is 4.72. The van der Waals surface area contributed by atoms with Gasteiger partial charge in [0.15, 0.2) is 12.4 Å². The Morgan fingerprint density at radius 3 is 2.47 bits per heavy atom. The first kappa shape index (κ1) is 12.9. The van der Waals surface area contributed by atoms with Gasteiger partial charge in [0.2, 0.25) is 0 Å². The van der Waals surface area contributed by atoms with Gasteiger partial charge in [-0.3, -0.25) is 14.9 Å². The molecule has 0 bridgehead atoms. The SMILES string of the molecule is COc1ccc(/C=C(/C(O)C=O)[N+](=O)[O-])cc1. The van der Waals surface area contributed by atoms with Crippen LogP contribution in [0.25, 0.3) is 6.08 Å². The minimum absolute atomic E-state index is 0.109. The summed E-state index contributed by atoms with van der Waals surface area (Å²) in [6, 6.07) is 6.41. The van der Waals surface area contributed by atoms with Crippen molar-refractivity contribution < 1.29 is 19.6 Å². The molecular formula is C11H11NO5. The number of rotatable bonds is 5. The number of methoxy groups -OCH3 is 1. The summed E-state index contributed by atoms with van der Waals surface area (Å²) in [6.45, 7) is 0. The molecule has 0 aliphatic heterocycles. The maximum absolute atomic E-state index is 10.6. The van der Waals surface area contributed by atoms with Crippen molar-refractivity contribution >= 4 is 12.4 Å². The molecule has 17 heavy (non-hydrogen) atoms. The summed E-state index contributed by atoms with van der Waals surface area (Å²) in [4.78, 5) is 20.2. The lowest BCUT2D eigenvalue weighted by atomic mass is 10.1. The van der Waals surface area contributed by atoms with Gasteiger partial charge in [-0.15, -0.1) is 0 Å². The zero-order valence-corrected chi connectivity index (χ0v) is 9.07. The van der Waals surface area contributed by atoms with Crippen molar-refractivity contribution in [1.29, 1.82) is 0 Å². The fourth-order valence-electron chi connectivity index (χ4n) is 1.19. The third kappa shape index (κ3) is 3.39. The van der Waals surface area contributed by atoms with Crippen LogP contribution >= 0.6 is 0 Å². The number of hydrogen-bond acceptors (Lipinski definition) is 5. The highest BCUT2D eigenvalue weighted by atomic mass is 16.6. The van der Waals surface area contributed by atoms with E-state index in [1.165, 1.54) is 7.11 Å². The minimum Gasteiger partial charge on any atom is -0.497 e. The van der Waals surface area contributed by atoms with Gasteiger partial charge in [-0.1, -0.05) is 12.1 Å². The molecule has 90 valence electrons. The highest BCUT2D eigenvalue weighted by Crippen LogP contribution is 2.15. The number of nitrogens with zero attached hydrogens (tertiary/aromatic N) is 1. The average molecular weight is 237 g/mol. The van der Waals surface area contributed by atoms with Gasteiger partial charge in [0.05, 0.1) is 12.0 Å². The van der Waals surface area contributed by atoms with Crippen LogP contribution in [0.1, 0.15) is 5.56 Å². The Hall–Kier alpha value is -2.21. The number of ether oxygens (including phenoxy) is 1. The molecule has 6 heteroatoms. The molecule has 0 saturated carbocycles. The van der Waals surface area contributed by atoms with Crippen molar-refractivity contribution in [3.63, 3.8) is 0 Å². The number of carbonyl (C=O) groups is 1. The Morgan fingerprint density at radius 2 is 2.06 bits per heavy atom. The first-order valence-electron chi connectivity index (χ1n) is 4.72. The second-order valence-corrected chi connectivity index (χ2v) is 3.18. The van der Waals surface area contributed by atoms with Gasteiger partial charge in [0.25, 0.3) is 5.70 Å². The topological polar surface area (TPSA) is 89.7 Å². The highest BCUT2D eigenvalue weighted by molar-refractivity contribution is 5.65. The number of hydrogen-bond donors (Lipinski definition) is 1. The van der Waals surface area contributed by atoms with Crippen LogP contribution in [-0.4, -0.2) is 29.5 Å². The predicted molar refractivity (Wildman–Crippen MR) is 60.0 cm³/mol. The lowest BCUT2D eigenvalue weighted by molar-refractivity contribution is -0.431. The summed E-state index contributed by atoms with van der Waals surface area (Å²) in [6.07, 6.45) is -0.483. The van der Waals surface area contributed by atoms with Crippen LogP contribution in [0.2, 0.25) is 0 Å². The monoisotopic (exact) mass is 237 g/mol. The molecule has 1 aromatic carbocycles. The summed E-state index contributed by atoms with van der Waals surface area (Å²) in [5.41, 5.74) is -0.0661. The van der Waals surface area contributed by atoms with E-state index in [9.17, 15) is 14.9 Å². The molecule has 0 fully saturated rings. The maximum atomic E-state index is 10.6. The van der Waals surface area contributed by atoms with Gasteiger partial charge in [0.1, 0.15) is 5.75 Å². The summed E-state index contributed by atoms with van der Waals surface area (Å²) in [5, 5.41) is 19.8. The Kier molecular flexibility index (Phi) is 4.36. The molecule has 1 aromatic rings. The summed E-state index contributed by atoms with van der Waals surface area (Å²) in [7, 11) is 1.50. The van der Waals surface area contributed by atoms with Crippen molar-refractivity contribution in [2.45, 2.75) is 6.10 Å². The second-order valence-electron chi connectivity index (χ2n) is 3.18. The van der Waals surface area contributed by atoms with Crippen molar-refractivity contribution in [2.75, 3.05) is 7.11 Å². The number of nitro groups is 1. The van der Waals surface area contributed by atoms with Crippen molar-refractivity contribution in [2.24, 2.45) is 0 Å².